The fraction of sp³-hybridized carbons (Fsp3) is 0.632. The number of piperidine rings is 1. The van der Waals surface area contributed by atoms with E-state index >= 15 is 0 Å². The Morgan fingerprint density at radius 3 is 2.42 bits per heavy atom. The van der Waals surface area contributed by atoms with Gasteiger partial charge in [-0.2, -0.15) is 0 Å². The van der Waals surface area contributed by atoms with Crippen molar-refractivity contribution >= 4 is 11.6 Å². The lowest BCUT2D eigenvalue weighted by Crippen LogP contribution is -2.43. The fourth-order valence-corrected chi connectivity index (χ4v) is 2.89. The molecule has 0 unspecified atom stereocenters. The van der Waals surface area contributed by atoms with Crippen molar-refractivity contribution in [1.82, 2.24) is 4.90 Å². The zero-order valence-electron chi connectivity index (χ0n) is 15.0. The molecule has 1 heterocycles. The first-order chi connectivity index (χ1) is 11.4. The van der Waals surface area contributed by atoms with E-state index in [0.717, 1.165) is 37.4 Å². The molecule has 1 saturated heterocycles. The summed E-state index contributed by atoms with van der Waals surface area (Å²) in [4.78, 5) is 14.3. The van der Waals surface area contributed by atoms with Crippen molar-refractivity contribution in [2.75, 3.05) is 31.6 Å². The van der Waals surface area contributed by atoms with Crippen LogP contribution in [0.5, 0.6) is 5.75 Å². The lowest BCUT2D eigenvalue weighted by molar-refractivity contribution is -0.134. The second-order valence-electron chi connectivity index (χ2n) is 7.63. The smallest absolute Gasteiger partial charge is 0.223 e. The van der Waals surface area contributed by atoms with Crippen molar-refractivity contribution in [3.8, 4) is 5.75 Å². The van der Waals surface area contributed by atoms with E-state index in [1.807, 2.05) is 29.2 Å². The van der Waals surface area contributed by atoms with Gasteiger partial charge in [0.25, 0.3) is 0 Å². The highest BCUT2D eigenvalue weighted by Crippen LogP contribution is 2.23. The molecule has 0 saturated carbocycles. The Kier molecular flexibility index (Phi) is 6.49. The van der Waals surface area contributed by atoms with Crippen LogP contribution < -0.4 is 10.1 Å². The maximum atomic E-state index is 12.3. The summed E-state index contributed by atoms with van der Waals surface area (Å²) in [5.74, 6) is 1.03. The Labute approximate surface area is 145 Å². The number of nitrogens with one attached hydrogen (secondary N) is 1. The predicted molar refractivity (Wildman–Crippen MR) is 96.3 cm³/mol. The molecule has 2 N–H and O–H groups in total. The van der Waals surface area contributed by atoms with Gasteiger partial charge in [0.2, 0.25) is 5.91 Å². The molecule has 24 heavy (non-hydrogen) atoms. The summed E-state index contributed by atoms with van der Waals surface area (Å²) in [5.41, 5.74) is 1.11. The largest absolute Gasteiger partial charge is 0.491 e. The minimum Gasteiger partial charge on any atom is -0.491 e. The Bertz CT molecular complexity index is 514. The summed E-state index contributed by atoms with van der Waals surface area (Å²) in [7, 11) is 0. The molecule has 0 atom stereocenters. The number of benzene rings is 1. The molecule has 0 spiro atoms. The summed E-state index contributed by atoms with van der Waals surface area (Å²) in [6.07, 6.45) is 2.55. The molecule has 1 aliphatic rings. The number of hydrogen-bond donors (Lipinski definition) is 2. The van der Waals surface area contributed by atoms with E-state index in [0.29, 0.717) is 19.1 Å². The summed E-state index contributed by atoms with van der Waals surface area (Å²) in [6, 6.07) is 8.18. The fourth-order valence-electron chi connectivity index (χ4n) is 2.89. The van der Waals surface area contributed by atoms with Crippen molar-refractivity contribution in [3.05, 3.63) is 24.3 Å². The number of carbonyl (C=O) groups is 1. The highest BCUT2D eigenvalue weighted by molar-refractivity contribution is 5.76. The lowest BCUT2D eigenvalue weighted by Gasteiger charge is -2.34. The number of aliphatic hydroxyl groups is 1. The number of aliphatic hydroxyl groups excluding tert-OH is 1. The quantitative estimate of drug-likeness (QED) is 0.840. The molecule has 0 bridgehead atoms. The molecule has 1 fully saturated rings. The van der Waals surface area contributed by atoms with E-state index in [9.17, 15) is 4.79 Å². The second-order valence-corrected chi connectivity index (χ2v) is 7.63. The van der Waals surface area contributed by atoms with E-state index in [-0.39, 0.29) is 17.9 Å². The molecular weight excluding hydrogens is 304 g/mol. The molecule has 5 nitrogen and oxygen atoms in total. The number of amides is 1. The Hall–Kier alpha value is -1.75. The van der Waals surface area contributed by atoms with Crippen molar-refractivity contribution in [3.63, 3.8) is 0 Å². The first-order valence-corrected chi connectivity index (χ1v) is 8.75. The minimum atomic E-state index is 0.0203. The number of rotatable bonds is 6. The molecule has 1 aliphatic heterocycles. The van der Waals surface area contributed by atoms with Gasteiger partial charge in [0, 0.05) is 31.2 Å². The molecule has 134 valence electrons. The van der Waals surface area contributed by atoms with Crippen LogP contribution in [0.4, 0.5) is 5.69 Å². The van der Waals surface area contributed by atoms with Crippen LogP contribution in [-0.2, 0) is 4.79 Å². The topological polar surface area (TPSA) is 61.8 Å². The van der Waals surface area contributed by atoms with Gasteiger partial charge < -0.3 is 20.1 Å². The third-order valence-electron chi connectivity index (χ3n) is 4.11. The summed E-state index contributed by atoms with van der Waals surface area (Å²) in [5, 5.41) is 12.3. The van der Waals surface area contributed by atoms with Gasteiger partial charge in [-0.25, -0.2) is 0 Å². The van der Waals surface area contributed by atoms with Gasteiger partial charge in [0.05, 0.1) is 6.61 Å². The SMILES string of the molecule is CC(C)(C)CC(=O)N1CCC(Nc2ccc(OCCO)cc2)CC1. The van der Waals surface area contributed by atoms with Gasteiger partial charge in [-0.3, -0.25) is 4.79 Å². The highest BCUT2D eigenvalue weighted by atomic mass is 16.5. The van der Waals surface area contributed by atoms with Crippen LogP contribution in [0.3, 0.4) is 0 Å². The number of hydrogen-bond acceptors (Lipinski definition) is 4. The monoisotopic (exact) mass is 334 g/mol. The summed E-state index contributed by atoms with van der Waals surface area (Å²) >= 11 is 0. The van der Waals surface area contributed by atoms with E-state index in [2.05, 4.69) is 26.1 Å². The van der Waals surface area contributed by atoms with Gasteiger partial charge in [-0.1, -0.05) is 20.8 Å². The first kappa shape index (κ1) is 18.6. The molecule has 1 aromatic rings. The minimum absolute atomic E-state index is 0.0203. The number of anilines is 1. The van der Waals surface area contributed by atoms with E-state index < -0.39 is 0 Å². The van der Waals surface area contributed by atoms with Gasteiger partial charge in [-0.15, -0.1) is 0 Å². The average molecular weight is 334 g/mol. The zero-order chi connectivity index (χ0) is 17.6. The van der Waals surface area contributed by atoms with Crippen LogP contribution >= 0.6 is 0 Å². The van der Waals surface area contributed by atoms with E-state index in [4.69, 9.17) is 9.84 Å². The molecule has 1 amide bonds. The average Bonchev–Trinajstić information content (AvgIpc) is 2.53. The number of ether oxygens (including phenoxy) is 1. The number of carbonyl (C=O) groups excluding carboxylic acids is 1. The van der Waals surface area contributed by atoms with Crippen molar-refractivity contribution in [2.24, 2.45) is 5.41 Å². The molecule has 1 aromatic carbocycles. The second kappa shape index (κ2) is 8.38. The third-order valence-corrected chi connectivity index (χ3v) is 4.11. The van der Waals surface area contributed by atoms with Crippen LogP contribution in [0, 0.1) is 5.41 Å². The lowest BCUT2D eigenvalue weighted by atomic mass is 9.91. The molecule has 5 heteroatoms. The molecular formula is C19H30N2O3. The first-order valence-electron chi connectivity index (χ1n) is 8.75. The number of likely N-dealkylation sites (tertiary alicyclic amines) is 1. The van der Waals surface area contributed by atoms with Gasteiger partial charge in [-0.05, 0) is 42.5 Å². The zero-order valence-corrected chi connectivity index (χ0v) is 15.0. The van der Waals surface area contributed by atoms with E-state index in [1.165, 1.54) is 0 Å². The Balaban J connectivity index is 1.77. The van der Waals surface area contributed by atoms with E-state index in [1.54, 1.807) is 0 Å². The molecule has 2 rings (SSSR count). The maximum Gasteiger partial charge on any atom is 0.223 e. The van der Waals surface area contributed by atoms with Crippen LogP contribution in [0.15, 0.2) is 24.3 Å². The molecule has 0 radical (unpaired) electrons. The van der Waals surface area contributed by atoms with Crippen molar-refractivity contribution < 1.29 is 14.6 Å². The molecule has 0 aliphatic carbocycles. The standard InChI is InChI=1S/C19H30N2O3/c1-19(2,3)14-18(23)21-10-8-16(9-11-21)20-15-4-6-17(7-5-15)24-13-12-22/h4-7,16,20,22H,8-14H2,1-3H3. The normalized spacial score (nSPS) is 16.1. The third kappa shape index (κ3) is 6.04. The van der Waals surface area contributed by atoms with Gasteiger partial charge in [0.15, 0.2) is 0 Å². The van der Waals surface area contributed by atoms with Crippen molar-refractivity contribution in [2.45, 2.75) is 46.1 Å². The number of nitrogens with zero attached hydrogens (tertiary/aromatic N) is 1. The maximum absolute atomic E-state index is 12.3. The molecule has 0 aromatic heterocycles. The predicted octanol–water partition coefficient (Wildman–Crippen LogP) is 2.90. The van der Waals surface area contributed by atoms with Gasteiger partial charge in [0.1, 0.15) is 12.4 Å². The van der Waals surface area contributed by atoms with Crippen LogP contribution in [0.25, 0.3) is 0 Å². The highest BCUT2D eigenvalue weighted by Gasteiger charge is 2.25. The van der Waals surface area contributed by atoms with Crippen LogP contribution in [0.1, 0.15) is 40.0 Å². The van der Waals surface area contributed by atoms with Crippen LogP contribution in [0.2, 0.25) is 0 Å². The van der Waals surface area contributed by atoms with Crippen molar-refractivity contribution in [1.29, 1.82) is 0 Å². The van der Waals surface area contributed by atoms with Crippen LogP contribution in [-0.4, -0.2) is 48.3 Å². The summed E-state index contributed by atoms with van der Waals surface area (Å²) in [6.45, 7) is 8.29. The Morgan fingerprint density at radius 1 is 1.25 bits per heavy atom. The van der Waals surface area contributed by atoms with Gasteiger partial charge >= 0.3 is 0 Å². The summed E-state index contributed by atoms with van der Waals surface area (Å²) < 4.78 is 5.36. The Morgan fingerprint density at radius 2 is 1.88 bits per heavy atom.